The first-order chi connectivity index (χ1) is 9.72. The summed E-state index contributed by atoms with van der Waals surface area (Å²) >= 11 is 0. The van der Waals surface area contributed by atoms with Crippen LogP contribution in [0.3, 0.4) is 0 Å². The molecule has 0 amide bonds. The van der Waals surface area contributed by atoms with E-state index < -0.39 is 0 Å². The third kappa shape index (κ3) is 1.93. The highest BCUT2D eigenvalue weighted by Crippen LogP contribution is 2.30. The van der Waals surface area contributed by atoms with Crippen LogP contribution in [0.5, 0.6) is 0 Å². The van der Waals surface area contributed by atoms with Gasteiger partial charge in [-0.25, -0.2) is 9.37 Å². The number of hydrogen-bond acceptors (Lipinski definition) is 2. The first-order valence-corrected chi connectivity index (χ1v) is 6.69. The molecule has 3 nitrogen and oxygen atoms in total. The summed E-state index contributed by atoms with van der Waals surface area (Å²) in [6.07, 6.45) is 0.857. The molecule has 102 valence electrons. The normalized spacial score (nSPS) is 12.7. The van der Waals surface area contributed by atoms with E-state index in [4.69, 9.17) is 5.73 Å². The fourth-order valence-electron chi connectivity index (χ4n) is 2.67. The van der Waals surface area contributed by atoms with Crippen molar-refractivity contribution in [2.75, 3.05) is 5.73 Å². The van der Waals surface area contributed by atoms with E-state index in [0.29, 0.717) is 11.5 Å². The third-order valence-corrected chi connectivity index (χ3v) is 3.58. The van der Waals surface area contributed by atoms with Gasteiger partial charge in [-0.3, -0.25) is 0 Å². The largest absolute Gasteiger partial charge is 0.369 e. The Morgan fingerprint density at radius 2 is 1.90 bits per heavy atom. The topological polar surface area (TPSA) is 43.8 Å². The van der Waals surface area contributed by atoms with E-state index in [2.05, 4.69) is 24.0 Å². The van der Waals surface area contributed by atoms with Crippen LogP contribution in [0.1, 0.15) is 24.9 Å². The van der Waals surface area contributed by atoms with Crippen LogP contribution in [0.25, 0.3) is 11.0 Å². The highest BCUT2D eigenvalue weighted by molar-refractivity contribution is 5.79. The van der Waals surface area contributed by atoms with Gasteiger partial charge in [0.1, 0.15) is 5.52 Å². The number of benzene rings is 2. The second-order valence-electron chi connectivity index (χ2n) is 4.78. The Bertz CT molecular complexity index is 734. The predicted molar refractivity (Wildman–Crippen MR) is 79.0 cm³/mol. The molecule has 3 rings (SSSR count). The number of aromatic nitrogens is 2. The zero-order valence-corrected chi connectivity index (χ0v) is 11.3. The van der Waals surface area contributed by atoms with Crippen molar-refractivity contribution in [2.45, 2.75) is 19.4 Å². The van der Waals surface area contributed by atoms with Gasteiger partial charge in [0.15, 0.2) is 5.82 Å². The molecule has 1 atom stereocenters. The molecule has 2 aromatic carbocycles. The van der Waals surface area contributed by atoms with Crippen LogP contribution in [-0.4, -0.2) is 9.55 Å². The van der Waals surface area contributed by atoms with Gasteiger partial charge in [0, 0.05) is 0 Å². The number of hydrogen-bond donors (Lipinski definition) is 1. The minimum absolute atomic E-state index is 0.0583. The molecule has 1 aromatic heterocycles. The lowest BCUT2D eigenvalue weighted by atomic mass is 10.0. The number of nitrogens with zero attached hydrogens (tertiary/aromatic N) is 2. The molecule has 20 heavy (non-hydrogen) atoms. The summed E-state index contributed by atoms with van der Waals surface area (Å²) in [5, 5.41) is 0. The van der Waals surface area contributed by atoms with Crippen molar-refractivity contribution in [1.82, 2.24) is 9.55 Å². The predicted octanol–water partition coefficient (Wildman–Crippen LogP) is 3.76. The molecular weight excluding hydrogens is 253 g/mol. The number of imidazole rings is 1. The second kappa shape index (κ2) is 4.96. The van der Waals surface area contributed by atoms with Gasteiger partial charge in [0.05, 0.1) is 11.6 Å². The first-order valence-electron chi connectivity index (χ1n) is 6.69. The van der Waals surface area contributed by atoms with Gasteiger partial charge in [0.25, 0.3) is 0 Å². The van der Waals surface area contributed by atoms with Crippen molar-refractivity contribution in [3.8, 4) is 0 Å². The standard InChI is InChI=1S/C16H16FN3/c1-2-13(11-7-4-3-5-8-11)20-14-10-6-9-12(17)15(14)19-16(20)18/h3-10,13H,2H2,1H3,(H2,18,19). The van der Waals surface area contributed by atoms with Crippen LogP contribution in [-0.2, 0) is 0 Å². The number of halogens is 1. The molecule has 2 N–H and O–H groups in total. The van der Waals surface area contributed by atoms with Crippen molar-refractivity contribution < 1.29 is 4.39 Å². The van der Waals surface area contributed by atoms with E-state index in [-0.39, 0.29) is 11.9 Å². The summed E-state index contributed by atoms with van der Waals surface area (Å²) < 4.78 is 15.7. The van der Waals surface area contributed by atoms with E-state index >= 15 is 0 Å². The van der Waals surface area contributed by atoms with Gasteiger partial charge >= 0.3 is 0 Å². The van der Waals surface area contributed by atoms with Gasteiger partial charge in [-0.1, -0.05) is 43.3 Å². The molecule has 0 aliphatic rings. The summed E-state index contributed by atoms with van der Waals surface area (Å²) in [4.78, 5) is 4.17. The molecule has 0 aliphatic carbocycles. The smallest absolute Gasteiger partial charge is 0.201 e. The van der Waals surface area contributed by atoms with Crippen molar-refractivity contribution in [2.24, 2.45) is 0 Å². The number of anilines is 1. The maximum atomic E-state index is 13.8. The van der Waals surface area contributed by atoms with Gasteiger partial charge in [-0.15, -0.1) is 0 Å². The first kappa shape index (κ1) is 12.7. The second-order valence-corrected chi connectivity index (χ2v) is 4.78. The van der Waals surface area contributed by atoms with Gasteiger partial charge in [0.2, 0.25) is 5.95 Å². The summed E-state index contributed by atoms with van der Waals surface area (Å²) in [7, 11) is 0. The Morgan fingerprint density at radius 3 is 2.60 bits per heavy atom. The van der Waals surface area contributed by atoms with Crippen LogP contribution in [0.4, 0.5) is 10.3 Å². The third-order valence-electron chi connectivity index (χ3n) is 3.58. The van der Waals surface area contributed by atoms with Crippen molar-refractivity contribution in [3.63, 3.8) is 0 Å². The number of nitrogens with two attached hydrogens (primary N) is 1. The van der Waals surface area contributed by atoms with Crippen LogP contribution in [0.15, 0.2) is 48.5 Å². The maximum absolute atomic E-state index is 13.8. The lowest BCUT2D eigenvalue weighted by molar-refractivity contribution is 0.588. The molecule has 4 heteroatoms. The molecule has 3 aromatic rings. The van der Waals surface area contributed by atoms with Crippen molar-refractivity contribution >= 4 is 17.0 Å². The van der Waals surface area contributed by atoms with Crippen LogP contribution < -0.4 is 5.73 Å². The molecule has 0 bridgehead atoms. The Kier molecular flexibility index (Phi) is 3.14. The Labute approximate surface area is 116 Å². The van der Waals surface area contributed by atoms with Crippen molar-refractivity contribution in [3.05, 3.63) is 59.9 Å². The summed E-state index contributed by atoms with van der Waals surface area (Å²) in [6.45, 7) is 2.09. The number of fused-ring (bicyclic) bond motifs is 1. The van der Waals surface area contributed by atoms with E-state index in [9.17, 15) is 4.39 Å². The maximum Gasteiger partial charge on any atom is 0.201 e. The minimum atomic E-state index is -0.337. The summed E-state index contributed by atoms with van der Waals surface area (Å²) in [5.41, 5.74) is 8.23. The van der Waals surface area contributed by atoms with Gasteiger partial charge in [-0.2, -0.15) is 0 Å². The lowest BCUT2D eigenvalue weighted by Gasteiger charge is -2.19. The number of rotatable bonds is 3. The fraction of sp³-hybridized carbons (Fsp3) is 0.188. The Hall–Kier alpha value is -2.36. The molecule has 0 saturated carbocycles. The molecule has 0 spiro atoms. The summed E-state index contributed by atoms with van der Waals surface area (Å²) in [6, 6.07) is 15.1. The molecular formula is C16H16FN3. The molecule has 0 saturated heterocycles. The molecule has 0 aliphatic heterocycles. The van der Waals surface area contributed by atoms with Gasteiger partial charge < -0.3 is 10.3 Å². The van der Waals surface area contributed by atoms with Crippen LogP contribution >= 0.6 is 0 Å². The Morgan fingerprint density at radius 1 is 1.15 bits per heavy atom. The van der Waals surface area contributed by atoms with E-state index in [1.807, 2.05) is 28.8 Å². The average Bonchev–Trinajstić information content (AvgIpc) is 2.80. The highest BCUT2D eigenvalue weighted by Gasteiger charge is 2.19. The number of nitrogen functional groups attached to an aromatic ring is 1. The minimum Gasteiger partial charge on any atom is -0.369 e. The van der Waals surface area contributed by atoms with Crippen LogP contribution in [0, 0.1) is 5.82 Å². The highest BCUT2D eigenvalue weighted by atomic mass is 19.1. The van der Waals surface area contributed by atoms with E-state index in [0.717, 1.165) is 17.5 Å². The fourth-order valence-corrected chi connectivity index (χ4v) is 2.67. The zero-order valence-electron chi connectivity index (χ0n) is 11.3. The SMILES string of the molecule is CCC(c1ccccc1)n1c(N)nc2c(F)cccc21. The monoisotopic (exact) mass is 269 g/mol. The zero-order chi connectivity index (χ0) is 14.1. The Balaban J connectivity index is 2.22. The van der Waals surface area contributed by atoms with E-state index in [1.54, 1.807) is 6.07 Å². The number of para-hydroxylation sites is 1. The van der Waals surface area contributed by atoms with Gasteiger partial charge in [-0.05, 0) is 24.1 Å². The van der Waals surface area contributed by atoms with E-state index in [1.165, 1.54) is 6.07 Å². The molecule has 0 radical (unpaired) electrons. The summed E-state index contributed by atoms with van der Waals surface area (Å²) in [5.74, 6) is 0.0108. The molecule has 1 unspecified atom stereocenters. The quantitative estimate of drug-likeness (QED) is 0.786. The molecule has 1 heterocycles. The lowest BCUT2D eigenvalue weighted by Crippen LogP contribution is -2.12. The van der Waals surface area contributed by atoms with Crippen LogP contribution in [0.2, 0.25) is 0 Å². The molecule has 0 fully saturated rings. The van der Waals surface area contributed by atoms with Crippen molar-refractivity contribution in [1.29, 1.82) is 0 Å². The average molecular weight is 269 g/mol.